The molecule has 0 fully saturated rings. The molecule has 0 radical (unpaired) electrons. The normalized spacial score (nSPS) is 15.4. The van der Waals surface area contributed by atoms with E-state index in [9.17, 15) is 0 Å². The lowest BCUT2D eigenvalue weighted by atomic mass is 10.1. The highest BCUT2D eigenvalue weighted by atomic mass is 16.3. The number of nitrogens with one attached hydrogen (secondary N) is 1. The molecule has 0 spiro atoms. The third kappa shape index (κ3) is 3.55. The van der Waals surface area contributed by atoms with Crippen molar-refractivity contribution in [1.82, 2.24) is 10.2 Å². The fourth-order valence-electron chi connectivity index (χ4n) is 2.74. The Labute approximate surface area is 127 Å². The maximum atomic E-state index is 5.71. The number of rotatable bonds is 4. The van der Waals surface area contributed by atoms with Gasteiger partial charge in [0.2, 0.25) is 0 Å². The second kappa shape index (κ2) is 5.66. The smallest absolute Gasteiger partial charge is 0.122 e. The molecule has 1 aromatic heterocycles. The van der Waals surface area contributed by atoms with Crippen molar-refractivity contribution < 1.29 is 4.42 Å². The molecule has 0 saturated carbocycles. The Morgan fingerprint density at radius 2 is 1.76 bits per heavy atom. The average molecular weight is 284 g/mol. The average Bonchev–Trinajstić information content (AvgIpc) is 3.01. The predicted molar refractivity (Wildman–Crippen MR) is 84.7 cm³/mol. The second-order valence-corrected chi connectivity index (χ2v) is 6.89. The van der Waals surface area contributed by atoms with E-state index in [1.165, 1.54) is 16.7 Å². The highest BCUT2D eigenvalue weighted by Crippen LogP contribution is 2.25. The van der Waals surface area contributed by atoms with E-state index < -0.39 is 0 Å². The van der Waals surface area contributed by atoms with Gasteiger partial charge in [0.1, 0.15) is 5.76 Å². The first-order chi connectivity index (χ1) is 10.0. The van der Waals surface area contributed by atoms with Gasteiger partial charge in [-0.1, -0.05) is 24.3 Å². The van der Waals surface area contributed by atoms with Crippen molar-refractivity contribution in [2.24, 2.45) is 0 Å². The summed E-state index contributed by atoms with van der Waals surface area (Å²) in [6.07, 6.45) is 1.80. The minimum atomic E-state index is 0.123. The molecule has 2 heterocycles. The van der Waals surface area contributed by atoms with E-state index in [4.69, 9.17) is 4.42 Å². The van der Waals surface area contributed by atoms with Gasteiger partial charge in [-0.3, -0.25) is 4.90 Å². The van der Waals surface area contributed by atoms with Crippen molar-refractivity contribution in [1.29, 1.82) is 0 Å². The van der Waals surface area contributed by atoms with Crippen LogP contribution in [0.1, 0.15) is 43.2 Å². The Hall–Kier alpha value is -1.58. The number of benzene rings is 1. The van der Waals surface area contributed by atoms with Gasteiger partial charge in [-0.15, -0.1) is 0 Å². The van der Waals surface area contributed by atoms with Gasteiger partial charge in [-0.2, -0.15) is 0 Å². The molecule has 0 unspecified atom stereocenters. The molecule has 0 saturated heterocycles. The first-order valence-corrected chi connectivity index (χ1v) is 7.61. The number of hydrogen-bond acceptors (Lipinski definition) is 3. The number of fused-ring (bicyclic) bond motifs is 1. The van der Waals surface area contributed by atoms with Crippen LogP contribution in [0.2, 0.25) is 0 Å². The first-order valence-electron chi connectivity index (χ1n) is 7.61. The molecule has 1 aliphatic rings. The second-order valence-electron chi connectivity index (χ2n) is 6.89. The molecule has 1 aromatic carbocycles. The summed E-state index contributed by atoms with van der Waals surface area (Å²) in [4.78, 5) is 2.43. The van der Waals surface area contributed by atoms with Gasteiger partial charge in [0, 0.05) is 30.7 Å². The maximum absolute atomic E-state index is 5.71. The Morgan fingerprint density at radius 1 is 1.10 bits per heavy atom. The minimum Gasteiger partial charge on any atom is -0.468 e. The molecule has 1 aliphatic heterocycles. The quantitative estimate of drug-likeness (QED) is 0.928. The molecule has 3 heteroatoms. The first kappa shape index (κ1) is 14.4. The highest BCUT2D eigenvalue weighted by molar-refractivity contribution is 5.30. The SMILES string of the molecule is CC(C)(C)NCc1ccoc1CN1Cc2ccccc2C1. The predicted octanol–water partition coefficient (Wildman–Crippen LogP) is 3.68. The molecule has 0 bridgehead atoms. The molecule has 0 atom stereocenters. The van der Waals surface area contributed by atoms with Gasteiger partial charge in [-0.25, -0.2) is 0 Å². The van der Waals surface area contributed by atoms with Gasteiger partial charge < -0.3 is 9.73 Å². The Kier molecular flexibility index (Phi) is 3.87. The van der Waals surface area contributed by atoms with Gasteiger partial charge in [0.15, 0.2) is 0 Å². The van der Waals surface area contributed by atoms with Crippen LogP contribution >= 0.6 is 0 Å². The molecule has 21 heavy (non-hydrogen) atoms. The standard InChI is InChI=1S/C18H24N2O/c1-18(2,3)19-10-14-8-9-21-17(14)13-20-11-15-6-4-5-7-16(15)12-20/h4-9,19H,10-13H2,1-3H3. The van der Waals surface area contributed by atoms with Gasteiger partial charge >= 0.3 is 0 Å². The molecule has 0 amide bonds. The molecule has 112 valence electrons. The zero-order valence-electron chi connectivity index (χ0n) is 13.1. The lowest BCUT2D eigenvalue weighted by Crippen LogP contribution is -2.35. The third-order valence-corrected chi connectivity index (χ3v) is 3.92. The molecular weight excluding hydrogens is 260 g/mol. The van der Waals surface area contributed by atoms with E-state index in [0.717, 1.165) is 31.9 Å². The van der Waals surface area contributed by atoms with Crippen LogP contribution in [0.4, 0.5) is 0 Å². The van der Waals surface area contributed by atoms with Crippen molar-refractivity contribution in [2.75, 3.05) is 0 Å². The van der Waals surface area contributed by atoms with Crippen molar-refractivity contribution in [3.63, 3.8) is 0 Å². The zero-order valence-corrected chi connectivity index (χ0v) is 13.1. The van der Waals surface area contributed by atoms with E-state index in [1.54, 1.807) is 6.26 Å². The van der Waals surface area contributed by atoms with Crippen LogP contribution in [-0.2, 0) is 26.2 Å². The van der Waals surface area contributed by atoms with Crippen molar-refractivity contribution in [2.45, 2.75) is 52.5 Å². The Morgan fingerprint density at radius 3 is 2.38 bits per heavy atom. The number of hydrogen-bond donors (Lipinski definition) is 1. The van der Waals surface area contributed by atoms with Crippen molar-refractivity contribution in [3.05, 3.63) is 59.0 Å². The van der Waals surface area contributed by atoms with Gasteiger partial charge in [0.25, 0.3) is 0 Å². The summed E-state index contributed by atoms with van der Waals surface area (Å²) in [5.74, 6) is 1.08. The highest BCUT2D eigenvalue weighted by Gasteiger charge is 2.21. The summed E-state index contributed by atoms with van der Waals surface area (Å²) in [6, 6.07) is 10.8. The van der Waals surface area contributed by atoms with Crippen LogP contribution < -0.4 is 5.32 Å². The molecule has 3 nitrogen and oxygen atoms in total. The molecule has 1 N–H and O–H groups in total. The van der Waals surface area contributed by atoms with E-state index >= 15 is 0 Å². The third-order valence-electron chi connectivity index (χ3n) is 3.92. The van der Waals surface area contributed by atoms with Crippen molar-refractivity contribution >= 4 is 0 Å². The maximum Gasteiger partial charge on any atom is 0.122 e. The minimum absolute atomic E-state index is 0.123. The molecule has 3 rings (SSSR count). The van der Waals surface area contributed by atoms with Crippen LogP contribution in [0, 0.1) is 0 Å². The molecule has 0 aliphatic carbocycles. The van der Waals surface area contributed by atoms with Crippen molar-refractivity contribution in [3.8, 4) is 0 Å². The van der Waals surface area contributed by atoms with Crippen LogP contribution in [0.25, 0.3) is 0 Å². The summed E-state index contributed by atoms with van der Waals surface area (Å²) in [6.45, 7) is 10.3. The van der Waals surface area contributed by atoms with Crippen LogP contribution in [0.3, 0.4) is 0 Å². The summed E-state index contributed by atoms with van der Waals surface area (Å²) < 4.78 is 5.71. The largest absolute Gasteiger partial charge is 0.468 e. The number of furan rings is 1. The number of nitrogens with zero attached hydrogens (tertiary/aromatic N) is 1. The Balaban J connectivity index is 1.63. The molecular formula is C18H24N2O. The molecule has 2 aromatic rings. The summed E-state index contributed by atoms with van der Waals surface area (Å²) in [7, 11) is 0. The Bertz CT molecular complexity index is 585. The van der Waals surface area contributed by atoms with Gasteiger partial charge in [-0.05, 0) is 38.0 Å². The van der Waals surface area contributed by atoms with E-state index in [-0.39, 0.29) is 5.54 Å². The monoisotopic (exact) mass is 284 g/mol. The summed E-state index contributed by atoms with van der Waals surface area (Å²) >= 11 is 0. The van der Waals surface area contributed by atoms with Crippen LogP contribution in [-0.4, -0.2) is 10.4 Å². The lowest BCUT2D eigenvalue weighted by Gasteiger charge is -2.21. The van der Waals surface area contributed by atoms with Crippen LogP contribution in [0.15, 0.2) is 41.0 Å². The van der Waals surface area contributed by atoms with Gasteiger partial charge in [0.05, 0.1) is 12.8 Å². The fourth-order valence-corrected chi connectivity index (χ4v) is 2.74. The van der Waals surface area contributed by atoms with E-state index in [2.05, 4.69) is 61.3 Å². The fraction of sp³-hybridized carbons (Fsp3) is 0.444. The topological polar surface area (TPSA) is 28.4 Å². The van der Waals surface area contributed by atoms with Crippen LogP contribution in [0.5, 0.6) is 0 Å². The lowest BCUT2D eigenvalue weighted by molar-refractivity contribution is 0.248. The van der Waals surface area contributed by atoms with E-state index in [1.807, 2.05) is 0 Å². The summed E-state index contributed by atoms with van der Waals surface area (Å²) in [5, 5.41) is 3.53. The summed E-state index contributed by atoms with van der Waals surface area (Å²) in [5.41, 5.74) is 4.27. The van der Waals surface area contributed by atoms with E-state index in [0.29, 0.717) is 0 Å². The zero-order chi connectivity index (χ0) is 14.9.